The first-order valence-corrected chi connectivity index (χ1v) is 11.9. The third-order valence-corrected chi connectivity index (χ3v) is 6.96. The Kier molecular flexibility index (Phi) is 6.84. The highest BCUT2D eigenvalue weighted by Crippen LogP contribution is 2.22. The molecule has 0 aliphatic carbocycles. The van der Waals surface area contributed by atoms with Crippen molar-refractivity contribution in [3.8, 4) is 11.1 Å². The summed E-state index contributed by atoms with van der Waals surface area (Å²) in [6.07, 6.45) is 0.754. The molecule has 1 atom stereocenters. The lowest BCUT2D eigenvalue weighted by atomic mass is 10.0. The van der Waals surface area contributed by atoms with Gasteiger partial charge in [-0.25, -0.2) is 0 Å². The fraction of sp³-hybridized carbons (Fsp3) is 0.208. The van der Waals surface area contributed by atoms with Crippen LogP contribution in [0.3, 0.4) is 0 Å². The molecule has 0 aliphatic heterocycles. The second-order valence-electron chi connectivity index (χ2n) is 7.28. The molecule has 5 nitrogen and oxygen atoms in total. The molecular weight excluding hydrogens is 424 g/mol. The van der Waals surface area contributed by atoms with Gasteiger partial charge in [-0.3, -0.25) is 4.79 Å². The highest BCUT2D eigenvalue weighted by atomic mass is 32.2. The minimum absolute atomic E-state index is 0.0209. The summed E-state index contributed by atoms with van der Waals surface area (Å²) in [7, 11) is 1.94. The van der Waals surface area contributed by atoms with Crippen LogP contribution >= 0.6 is 23.1 Å². The molecule has 0 bridgehead atoms. The van der Waals surface area contributed by atoms with Gasteiger partial charge in [0, 0.05) is 18.3 Å². The van der Waals surface area contributed by atoms with Crippen LogP contribution in [-0.2, 0) is 18.3 Å². The Balaban J connectivity index is 1.30. The molecule has 0 aliphatic rings. The zero-order valence-electron chi connectivity index (χ0n) is 17.5. The van der Waals surface area contributed by atoms with E-state index in [4.69, 9.17) is 0 Å². The van der Waals surface area contributed by atoms with E-state index in [0.29, 0.717) is 5.75 Å². The number of hydrogen-bond donors (Lipinski definition) is 1. The van der Waals surface area contributed by atoms with Crippen molar-refractivity contribution in [2.75, 3.05) is 5.75 Å². The number of benzene rings is 2. The van der Waals surface area contributed by atoms with Crippen molar-refractivity contribution in [1.29, 1.82) is 0 Å². The number of hydrogen-bond acceptors (Lipinski definition) is 5. The maximum Gasteiger partial charge on any atom is 0.230 e. The van der Waals surface area contributed by atoms with Gasteiger partial charge in [0.15, 0.2) is 5.16 Å². The van der Waals surface area contributed by atoms with Crippen LogP contribution in [0.1, 0.15) is 29.2 Å². The van der Waals surface area contributed by atoms with Crippen LogP contribution in [0.4, 0.5) is 0 Å². The molecule has 0 fully saturated rings. The second-order valence-corrected chi connectivity index (χ2v) is 9.25. The lowest BCUT2D eigenvalue weighted by Gasteiger charge is -2.15. The average molecular weight is 449 g/mol. The number of rotatable bonds is 8. The zero-order chi connectivity index (χ0) is 21.6. The second kappa shape index (κ2) is 9.94. The summed E-state index contributed by atoms with van der Waals surface area (Å²) >= 11 is 3.11. The molecule has 2 aromatic carbocycles. The maximum atomic E-state index is 12.5. The van der Waals surface area contributed by atoms with E-state index in [9.17, 15) is 4.79 Å². The molecule has 2 aromatic heterocycles. The van der Waals surface area contributed by atoms with Crippen LogP contribution in [0.15, 0.2) is 77.3 Å². The van der Waals surface area contributed by atoms with Crippen molar-refractivity contribution in [3.05, 3.63) is 88.4 Å². The van der Waals surface area contributed by atoms with Gasteiger partial charge >= 0.3 is 0 Å². The van der Waals surface area contributed by atoms with Crippen LogP contribution in [0.25, 0.3) is 11.1 Å². The van der Waals surface area contributed by atoms with E-state index in [1.165, 1.54) is 27.8 Å². The van der Waals surface area contributed by atoms with Gasteiger partial charge in [0.25, 0.3) is 0 Å². The fourth-order valence-electron chi connectivity index (χ4n) is 3.29. The highest BCUT2D eigenvalue weighted by Gasteiger charge is 2.14. The Morgan fingerprint density at radius 1 is 1.03 bits per heavy atom. The number of aromatic nitrogens is 3. The monoisotopic (exact) mass is 448 g/mol. The van der Waals surface area contributed by atoms with E-state index >= 15 is 0 Å². The zero-order valence-corrected chi connectivity index (χ0v) is 19.1. The van der Waals surface area contributed by atoms with E-state index in [2.05, 4.69) is 63.4 Å². The molecule has 7 heteroatoms. The molecule has 0 unspecified atom stereocenters. The third kappa shape index (κ3) is 5.42. The molecule has 31 heavy (non-hydrogen) atoms. The Morgan fingerprint density at radius 2 is 1.77 bits per heavy atom. The fourth-order valence-corrected chi connectivity index (χ4v) is 4.73. The first kappa shape index (κ1) is 21.3. The van der Waals surface area contributed by atoms with Crippen molar-refractivity contribution in [2.24, 2.45) is 7.05 Å². The smallest absolute Gasteiger partial charge is 0.230 e. The molecule has 0 spiro atoms. The molecule has 0 radical (unpaired) electrons. The van der Waals surface area contributed by atoms with Gasteiger partial charge in [-0.2, -0.15) is 0 Å². The van der Waals surface area contributed by atoms with Gasteiger partial charge < -0.3 is 9.88 Å². The molecular formula is C24H24N4OS2. The van der Waals surface area contributed by atoms with E-state index in [0.717, 1.165) is 23.0 Å². The van der Waals surface area contributed by atoms with Crippen molar-refractivity contribution in [3.63, 3.8) is 0 Å². The summed E-state index contributed by atoms with van der Waals surface area (Å²) in [6.45, 7) is 2.00. The quantitative estimate of drug-likeness (QED) is 0.381. The van der Waals surface area contributed by atoms with E-state index in [1.807, 2.05) is 42.8 Å². The summed E-state index contributed by atoms with van der Waals surface area (Å²) in [6, 6.07) is 22.7. The summed E-state index contributed by atoms with van der Waals surface area (Å²) in [5.74, 6) is 1.18. The number of thiophene rings is 1. The predicted molar refractivity (Wildman–Crippen MR) is 127 cm³/mol. The topological polar surface area (TPSA) is 59.8 Å². The van der Waals surface area contributed by atoms with E-state index in [-0.39, 0.29) is 11.9 Å². The lowest BCUT2D eigenvalue weighted by molar-refractivity contribution is -0.119. The maximum absolute atomic E-state index is 12.5. The van der Waals surface area contributed by atoms with Crippen molar-refractivity contribution in [2.45, 2.75) is 24.5 Å². The lowest BCUT2D eigenvalue weighted by Crippen LogP contribution is -2.28. The molecule has 1 amide bonds. The first-order valence-electron chi connectivity index (χ1n) is 10.1. The SMILES string of the molecule is C[C@H](NC(=O)CSc1nnc(Cc2cccs2)n1C)c1ccc(-c2ccccc2)cc1. The van der Waals surface area contributed by atoms with Crippen molar-refractivity contribution < 1.29 is 4.79 Å². The summed E-state index contributed by atoms with van der Waals surface area (Å²) in [4.78, 5) is 13.7. The number of nitrogens with one attached hydrogen (secondary N) is 1. The van der Waals surface area contributed by atoms with Crippen LogP contribution in [-0.4, -0.2) is 26.4 Å². The van der Waals surface area contributed by atoms with Gasteiger partial charge in [-0.1, -0.05) is 72.4 Å². The molecule has 0 saturated carbocycles. The number of carbonyl (C=O) groups excluding carboxylic acids is 1. The summed E-state index contributed by atoms with van der Waals surface area (Å²) < 4.78 is 1.96. The minimum Gasteiger partial charge on any atom is -0.349 e. The summed E-state index contributed by atoms with van der Waals surface area (Å²) in [5.41, 5.74) is 3.43. The number of carbonyl (C=O) groups is 1. The largest absolute Gasteiger partial charge is 0.349 e. The Hall–Kier alpha value is -2.90. The van der Waals surface area contributed by atoms with Gasteiger partial charge in [-0.15, -0.1) is 21.5 Å². The van der Waals surface area contributed by atoms with Crippen molar-refractivity contribution in [1.82, 2.24) is 20.1 Å². The van der Waals surface area contributed by atoms with Crippen LogP contribution in [0.2, 0.25) is 0 Å². The van der Waals surface area contributed by atoms with E-state index < -0.39 is 0 Å². The number of nitrogens with zero attached hydrogens (tertiary/aromatic N) is 3. The highest BCUT2D eigenvalue weighted by molar-refractivity contribution is 7.99. The molecule has 1 N–H and O–H groups in total. The third-order valence-electron chi connectivity index (χ3n) is 5.07. The van der Waals surface area contributed by atoms with Crippen LogP contribution < -0.4 is 5.32 Å². The first-order chi connectivity index (χ1) is 15.1. The Labute approximate surface area is 190 Å². The van der Waals surface area contributed by atoms with Gasteiger partial charge in [0.05, 0.1) is 11.8 Å². The van der Waals surface area contributed by atoms with Crippen molar-refractivity contribution >= 4 is 29.0 Å². The van der Waals surface area contributed by atoms with Crippen LogP contribution in [0.5, 0.6) is 0 Å². The average Bonchev–Trinajstić information content (AvgIpc) is 3.43. The van der Waals surface area contributed by atoms with Gasteiger partial charge in [0.2, 0.25) is 5.91 Å². The van der Waals surface area contributed by atoms with Gasteiger partial charge in [-0.05, 0) is 35.1 Å². The van der Waals surface area contributed by atoms with Gasteiger partial charge in [0.1, 0.15) is 5.82 Å². The Morgan fingerprint density at radius 3 is 2.48 bits per heavy atom. The standard InChI is InChI=1S/C24H24N4OS2/c1-17(18-10-12-20(13-11-18)19-7-4-3-5-8-19)25-23(29)16-31-24-27-26-22(28(24)2)15-21-9-6-14-30-21/h3-14,17H,15-16H2,1-2H3,(H,25,29)/t17-/m0/s1. The molecule has 0 saturated heterocycles. The molecule has 4 aromatic rings. The molecule has 158 valence electrons. The molecule has 2 heterocycles. The number of amides is 1. The normalized spacial score (nSPS) is 11.9. The minimum atomic E-state index is -0.0631. The molecule has 4 rings (SSSR count). The Bertz CT molecular complexity index is 1120. The predicted octanol–water partition coefficient (Wildman–Crippen LogP) is 5.10. The van der Waals surface area contributed by atoms with E-state index in [1.54, 1.807) is 11.3 Å². The summed E-state index contributed by atoms with van der Waals surface area (Å²) in [5, 5.41) is 14.4. The van der Waals surface area contributed by atoms with Crippen LogP contribution in [0, 0.1) is 0 Å². The number of thioether (sulfide) groups is 1.